The van der Waals surface area contributed by atoms with Crippen molar-refractivity contribution in [3.05, 3.63) is 66.2 Å². The molecule has 2 aromatic rings. The van der Waals surface area contributed by atoms with E-state index in [4.69, 9.17) is 9.81 Å². The van der Waals surface area contributed by atoms with E-state index >= 15 is 0 Å². The van der Waals surface area contributed by atoms with Crippen molar-refractivity contribution in [2.45, 2.75) is 4.90 Å². The summed E-state index contributed by atoms with van der Waals surface area (Å²) in [5.41, 5.74) is 0.715. The highest BCUT2D eigenvalue weighted by Crippen LogP contribution is 2.05. The molecule has 0 unspecified atom stereocenters. The minimum Gasteiger partial charge on any atom is -0.282 e. The van der Waals surface area contributed by atoms with Crippen molar-refractivity contribution in [3.8, 4) is 6.07 Å². The number of hydrogen-bond donors (Lipinski definition) is 1. The van der Waals surface area contributed by atoms with Gasteiger partial charge in [-0.3, -0.25) is 4.55 Å². The van der Waals surface area contributed by atoms with Gasteiger partial charge in [-0.2, -0.15) is 13.7 Å². The minimum atomic E-state index is -4.00. The molecule has 0 atom stereocenters. The second-order valence-corrected chi connectivity index (χ2v) is 4.69. The van der Waals surface area contributed by atoms with Crippen molar-refractivity contribution in [2.75, 3.05) is 0 Å². The van der Waals surface area contributed by atoms with E-state index in [1.807, 2.05) is 24.3 Å². The Hall–Kier alpha value is -2.16. The lowest BCUT2D eigenvalue weighted by molar-refractivity contribution is 0.483. The lowest BCUT2D eigenvalue weighted by Gasteiger charge is -1.92. The first-order valence-corrected chi connectivity index (χ1v) is 6.46. The van der Waals surface area contributed by atoms with E-state index in [-0.39, 0.29) is 4.90 Å². The van der Waals surface area contributed by atoms with Crippen molar-refractivity contribution in [1.82, 2.24) is 0 Å². The van der Waals surface area contributed by atoms with Crippen LogP contribution in [0.3, 0.4) is 0 Å². The van der Waals surface area contributed by atoms with Gasteiger partial charge in [0.1, 0.15) is 0 Å². The molecule has 5 heteroatoms. The van der Waals surface area contributed by atoms with Crippen LogP contribution in [-0.4, -0.2) is 13.0 Å². The van der Waals surface area contributed by atoms with E-state index in [0.29, 0.717) is 5.56 Å². The van der Waals surface area contributed by atoms with Crippen LogP contribution in [0.2, 0.25) is 0 Å². The van der Waals surface area contributed by atoms with Crippen LogP contribution in [0.15, 0.2) is 65.6 Å². The quantitative estimate of drug-likeness (QED) is 0.800. The SMILES string of the molecule is N#Cc1ccccc1.O=S(=O)(O)c1ccccc1. The van der Waals surface area contributed by atoms with Crippen LogP contribution in [0.5, 0.6) is 0 Å². The molecule has 0 aliphatic carbocycles. The highest BCUT2D eigenvalue weighted by atomic mass is 32.2. The number of hydrogen-bond acceptors (Lipinski definition) is 3. The van der Waals surface area contributed by atoms with Crippen LogP contribution in [-0.2, 0) is 10.1 Å². The molecule has 0 heterocycles. The Kier molecular flexibility index (Phi) is 5.06. The summed E-state index contributed by atoms with van der Waals surface area (Å²) in [6, 6.07) is 18.6. The van der Waals surface area contributed by atoms with Gasteiger partial charge in [0.25, 0.3) is 10.1 Å². The maximum absolute atomic E-state index is 10.4. The van der Waals surface area contributed by atoms with Crippen LogP contribution >= 0.6 is 0 Å². The molecule has 0 radical (unpaired) electrons. The molecule has 92 valence electrons. The topological polar surface area (TPSA) is 78.2 Å². The third kappa shape index (κ3) is 4.78. The Morgan fingerprint density at radius 1 is 0.889 bits per heavy atom. The number of rotatable bonds is 1. The largest absolute Gasteiger partial charge is 0.294 e. The predicted octanol–water partition coefficient (Wildman–Crippen LogP) is 2.49. The second-order valence-electron chi connectivity index (χ2n) is 3.27. The summed E-state index contributed by atoms with van der Waals surface area (Å²) in [5.74, 6) is 0. The Bertz CT molecular complexity index is 616. The molecule has 18 heavy (non-hydrogen) atoms. The number of nitriles is 1. The van der Waals surface area contributed by atoms with Crippen molar-refractivity contribution >= 4 is 10.1 Å². The van der Waals surface area contributed by atoms with Crippen molar-refractivity contribution in [2.24, 2.45) is 0 Å². The normalized spacial score (nSPS) is 9.78. The Balaban J connectivity index is 0.000000184. The summed E-state index contributed by atoms with van der Waals surface area (Å²) in [6.07, 6.45) is 0. The second kappa shape index (κ2) is 6.55. The lowest BCUT2D eigenvalue weighted by atomic mass is 10.2. The molecule has 0 aliphatic rings. The fraction of sp³-hybridized carbons (Fsp3) is 0. The summed E-state index contributed by atoms with van der Waals surface area (Å²) in [5, 5.41) is 8.29. The first-order chi connectivity index (χ1) is 8.54. The number of benzene rings is 2. The van der Waals surface area contributed by atoms with Crippen LogP contribution in [0.1, 0.15) is 5.56 Å². The third-order valence-electron chi connectivity index (χ3n) is 1.94. The molecule has 0 aromatic heterocycles. The fourth-order valence-electron chi connectivity index (χ4n) is 1.11. The van der Waals surface area contributed by atoms with Gasteiger partial charge >= 0.3 is 0 Å². The van der Waals surface area contributed by atoms with E-state index in [0.717, 1.165) is 0 Å². The molecule has 0 saturated carbocycles. The molecule has 0 saturated heterocycles. The maximum Gasteiger partial charge on any atom is 0.294 e. The zero-order chi connectivity index (χ0) is 13.4. The maximum atomic E-state index is 10.4. The van der Waals surface area contributed by atoms with Gasteiger partial charge in [0.05, 0.1) is 16.5 Å². The van der Waals surface area contributed by atoms with Gasteiger partial charge in [0.15, 0.2) is 0 Å². The zero-order valence-corrected chi connectivity index (χ0v) is 10.2. The van der Waals surface area contributed by atoms with Gasteiger partial charge in [-0.15, -0.1) is 0 Å². The Morgan fingerprint density at radius 3 is 1.61 bits per heavy atom. The van der Waals surface area contributed by atoms with E-state index in [1.54, 1.807) is 30.3 Å². The summed E-state index contributed by atoms with van der Waals surface area (Å²) in [6.45, 7) is 0. The molecule has 0 aliphatic heterocycles. The smallest absolute Gasteiger partial charge is 0.282 e. The molecule has 4 nitrogen and oxygen atoms in total. The molecule has 0 fully saturated rings. The predicted molar refractivity (Wildman–Crippen MR) is 67.4 cm³/mol. The van der Waals surface area contributed by atoms with Gasteiger partial charge < -0.3 is 0 Å². The van der Waals surface area contributed by atoms with Gasteiger partial charge in [0.2, 0.25) is 0 Å². The summed E-state index contributed by atoms with van der Waals surface area (Å²) >= 11 is 0. The number of nitrogens with zero attached hydrogens (tertiary/aromatic N) is 1. The molecule has 0 bridgehead atoms. The summed E-state index contributed by atoms with van der Waals surface area (Å²) in [4.78, 5) is -0.0741. The van der Waals surface area contributed by atoms with E-state index in [2.05, 4.69) is 0 Å². The highest BCUT2D eigenvalue weighted by Gasteiger charge is 2.05. The summed E-state index contributed by atoms with van der Waals surface area (Å²) in [7, 11) is -4.00. The van der Waals surface area contributed by atoms with Gasteiger partial charge in [0, 0.05) is 0 Å². The van der Waals surface area contributed by atoms with E-state index in [1.165, 1.54) is 12.1 Å². The third-order valence-corrected chi connectivity index (χ3v) is 2.81. The van der Waals surface area contributed by atoms with Crippen LogP contribution < -0.4 is 0 Å². The van der Waals surface area contributed by atoms with Crippen molar-refractivity contribution in [1.29, 1.82) is 5.26 Å². The molecule has 0 spiro atoms. The first-order valence-electron chi connectivity index (χ1n) is 5.02. The van der Waals surface area contributed by atoms with Crippen LogP contribution in [0.25, 0.3) is 0 Å². The molecule has 0 amide bonds. The van der Waals surface area contributed by atoms with E-state index in [9.17, 15) is 8.42 Å². The zero-order valence-electron chi connectivity index (χ0n) is 9.39. The van der Waals surface area contributed by atoms with Gasteiger partial charge in [-0.1, -0.05) is 36.4 Å². The molecular weight excluding hydrogens is 250 g/mol. The molecule has 1 N–H and O–H groups in total. The van der Waals surface area contributed by atoms with Gasteiger partial charge in [-0.25, -0.2) is 0 Å². The standard InChI is InChI=1S/C7H5N.C6H6O3S/c8-6-7-4-2-1-3-5-7;7-10(8,9)6-4-2-1-3-5-6/h1-5H;1-5H,(H,7,8,9). The van der Waals surface area contributed by atoms with Crippen LogP contribution in [0.4, 0.5) is 0 Å². The van der Waals surface area contributed by atoms with Gasteiger partial charge in [-0.05, 0) is 24.3 Å². The minimum absolute atomic E-state index is 0.0741. The summed E-state index contributed by atoms with van der Waals surface area (Å²) < 4.78 is 29.2. The fourth-order valence-corrected chi connectivity index (χ4v) is 1.61. The monoisotopic (exact) mass is 261 g/mol. The average Bonchev–Trinajstić information content (AvgIpc) is 2.40. The highest BCUT2D eigenvalue weighted by molar-refractivity contribution is 7.85. The lowest BCUT2D eigenvalue weighted by Crippen LogP contribution is -1.96. The molecule has 2 rings (SSSR count). The van der Waals surface area contributed by atoms with Crippen molar-refractivity contribution < 1.29 is 13.0 Å². The Labute approximate surface area is 106 Å². The first kappa shape index (κ1) is 13.9. The van der Waals surface area contributed by atoms with Crippen molar-refractivity contribution in [3.63, 3.8) is 0 Å². The van der Waals surface area contributed by atoms with Crippen LogP contribution in [0, 0.1) is 11.3 Å². The molecular formula is C13H11NO3S. The molecule has 2 aromatic carbocycles. The Morgan fingerprint density at radius 2 is 1.33 bits per heavy atom. The van der Waals surface area contributed by atoms with E-state index < -0.39 is 10.1 Å². The average molecular weight is 261 g/mol.